The molecule has 1 N–H and O–H groups in total. The van der Waals surface area contributed by atoms with Crippen LogP contribution in [0.5, 0.6) is 6.01 Å². The molecule has 1 aliphatic rings. The second-order valence-corrected chi connectivity index (χ2v) is 6.71. The molecule has 5 heteroatoms. The molecule has 3 rings (SSSR count). The lowest BCUT2D eigenvalue weighted by Crippen LogP contribution is -2.21. The van der Waals surface area contributed by atoms with Gasteiger partial charge in [-0.1, -0.05) is 30.3 Å². The first-order valence-electron chi connectivity index (χ1n) is 8.73. The third-order valence-electron chi connectivity index (χ3n) is 3.95. The molecule has 1 saturated carbocycles. The van der Waals surface area contributed by atoms with Crippen molar-refractivity contribution < 1.29 is 9.47 Å². The third-order valence-corrected chi connectivity index (χ3v) is 3.95. The van der Waals surface area contributed by atoms with E-state index in [1.165, 1.54) is 12.8 Å². The van der Waals surface area contributed by atoms with Gasteiger partial charge in [0.25, 0.3) is 6.01 Å². The summed E-state index contributed by atoms with van der Waals surface area (Å²) in [5, 5.41) is 3.57. The van der Waals surface area contributed by atoms with Gasteiger partial charge in [-0.25, -0.2) is 0 Å². The number of hydrogen-bond donors (Lipinski definition) is 1. The maximum absolute atomic E-state index is 5.84. The number of rotatable bonds is 9. The standard InChI is InChI=1S/C19H27N3O2/c1-14(2)24-19-21-18(15(3)20-17-9-10-17)11-22(19)13-23-12-16-7-5-4-6-8-16/h4-8,11,14-15,17,20H,9-10,12-13H2,1-3H3/t15-/m1/s1. The van der Waals surface area contributed by atoms with Crippen LogP contribution in [0.15, 0.2) is 36.5 Å². The van der Waals surface area contributed by atoms with E-state index in [1.807, 2.05) is 42.8 Å². The Balaban J connectivity index is 1.63. The van der Waals surface area contributed by atoms with Gasteiger partial charge in [0.05, 0.1) is 18.4 Å². The molecule has 5 nitrogen and oxygen atoms in total. The number of aromatic nitrogens is 2. The molecule has 0 bridgehead atoms. The molecule has 1 fully saturated rings. The molecule has 1 aliphatic carbocycles. The van der Waals surface area contributed by atoms with Crippen LogP contribution in [-0.2, 0) is 18.1 Å². The van der Waals surface area contributed by atoms with E-state index in [1.54, 1.807) is 0 Å². The summed E-state index contributed by atoms with van der Waals surface area (Å²) < 4.78 is 13.6. The predicted octanol–water partition coefficient (Wildman–Crippen LogP) is 3.66. The molecule has 2 aromatic rings. The van der Waals surface area contributed by atoms with E-state index in [9.17, 15) is 0 Å². The minimum Gasteiger partial charge on any atom is -0.462 e. The lowest BCUT2D eigenvalue weighted by atomic mass is 10.2. The van der Waals surface area contributed by atoms with Crippen molar-refractivity contribution in [3.05, 3.63) is 47.8 Å². The zero-order valence-electron chi connectivity index (χ0n) is 14.7. The molecule has 24 heavy (non-hydrogen) atoms. The Hall–Kier alpha value is -1.85. The zero-order chi connectivity index (χ0) is 16.9. The van der Waals surface area contributed by atoms with Gasteiger partial charge in [-0.2, -0.15) is 4.98 Å². The van der Waals surface area contributed by atoms with Crippen molar-refractivity contribution in [3.63, 3.8) is 0 Å². The highest BCUT2D eigenvalue weighted by molar-refractivity contribution is 5.14. The number of ether oxygens (including phenoxy) is 2. The van der Waals surface area contributed by atoms with Crippen LogP contribution < -0.4 is 10.1 Å². The normalized spacial score (nSPS) is 15.7. The van der Waals surface area contributed by atoms with E-state index < -0.39 is 0 Å². The summed E-state index contributed by atoms with van der Waals surface area (Å²) in [6, 6.07) is 11.7. The van der Waals surface area contributed by atoms with Crippen molar-refractivity contribution in [1.82, 2.24) is 14.9 Å². The molecule has 0 unspecified atom stereocenters. The number of nitrogens with zero attached hydrogens (tertiary/aromatic N) is 2. The maximum Gasteiger partial charge on any atom is 0.298 e. The zero-order valence-corrected chi connectivity index (χ0v) is 14.7. The first-order chi connectivity index (χ1) is 11.6. The lowest BCUT2D eigenvalue weighted by Gasteiger charge is -2.11. The molecular weight excluding hydrogens is 302 g/mol. The third kappa shape index (κ3) is 4.82. The van der Waals surface area contributed by atoms with Crippen molar-refractivity contribution in [3.8, 4) is 6.01 Å². The maximum atomic E-state index is 5.84. The monoisotopic (exact) mass is 329 g/mol. The summed E-state index contributed by atoms with van der Waals surface area (Å²) in [5.74, 6) is 0. The smallest absolute Gasteiger partial charge is 0.298 e. The van der Waals surface area contributed by atoms with E-state index in [2.05, 4.69) is 29.4 Å². The fourth-order valence-electron chi connectivity index (χ4n) is 2.55. The molecule has 1 aromatic carbocycles. The first kappa shape index (κ1) is 17.0. The number of benzene rings is 1. The van der Waals surface area contributed by atoms with Gasteiger partial charge in [-0.15, -0.1) is 0 Å². The molecule has 0 radical (unpaired) electrons. The van der Waals surface area contributed by atoms with Crippen molar-refractivity contribution in [2.24, 2.45) is 0 Å². The Morgan fingerprint density at radius 1 is 1.21 bits per heavy atom. The summed E-state index contributed by atoms with van der Waals surface area (Å²) in [5.41, 5.74) is 2.16. The molecule has 1 heterocycles. The fourth-order valence-corrected chi connectivity index (χ4v) is 2.55. The summed E-state index contributed by atoms with van der Waals surface area (Å²) in [7, 11) is 0. The van der Waals surface area contributed by atoms with Crippen molar-refractivity contribution in [1.29, 1.82) is 0 Å². The minimum absolute atomic E-state index is 0.0832. The quantitative estimate of drug-likeness (QED) is 0.763. The van der Waals surface area contributed by atoms with Crippen LogP contribution in [0.3, 0.4) is 0 Å². The average molecular weight is 329 g/mol. The van der Waals surface area contributed by atoms with Gasteiger partial charge in [0, 0.05) is 18.3 Å². The Bertz CT molecular complexity index is 635. The Kier molecular flexibility index (Phi) is 5.53. The Labute approximate surface area is 144 Å². The van der Waals surface area contributed by atoms with Gasteiger partial charge in [0.2, 0.25) is 0 Å². The van der Waals surface area contributed by atoms with Crippen LogP contribution in [0.25, 0.3) is 0 Å². The van der Waals surface area contributed by atoms with Crippen molar-refractivity contribution >= 4 is 0 Å². The fraction of sp³-hybridized carbons (Fsp3) is 0.526. The molecule has 0 aliphatic heterocycles. The van der Waals surface area contributed by atoms with E-state index in [-0.39, 0.29) is 12.1 Å². The van der Waals surface area contributed by atoms with Crippen LogP contribution in [0.2, 0.25) is 0 Å². The predicted molar refractivity (Wildman–Crippen MR) is 93.8 cm³/mol. The Morgan fingerprint density at radius 2 is 1.96 bits per heavy atom. The van der Waals surface area contributed by atoms with E-state index >= 15 is 0 Å². The van der Waals surface area contributed by atoms with Gasteiger partial charge in [-0.3, -0.25) is 4.57 Å². The summed E-state index contributed by atoms with van der Waals surface area (Å²) >= 11 is 0. The van der Waals surface area contributed by atoms with Gasteiger partial charge in [0.15, 0.2) is 0 Å². The average Bonchev–Trinajstić information content (AvgIpc) is 3.28. The largest absolute Gasteiger partial charge is 0.462 e. The molecule has 130 valence electrons. The molecular formula is C19H27N3O2. The molecule has 0 spiro atoms. The van der Waals surface area contributed by atoms with Gasteiger partial charge >= 0.3 is 0 Å². The highest BCUT2D eigenvalue weighted by Crippen LogP contribution is 2.25. The summed E-state index contributed by atoms with van der Waals surface area (Å²) in [6.07, 6.45) is 4.64. The van der Waals surface area contributed by atoms with Crippen LogP contribution in [-0.4, -0.2) is 21.7 Å². The second-order valence-electron chi connectivity index (χ2n) is 6.71. The number of nitrogens with one attached hydrogen (secondary N) is 1. The lowest BCUT2D eigenvalue weighted by molar-refractivity contribution is 0.0544. The summed E-state index contributed by atoms with van der Waals surface area (Å²) in [4.78, 5) is 4.66. The topological polar surface area (TPSA) is 48.3 Å². The van der Waals surface area contributed by atoms with Crippen LogP contribution in [0.1, 0.15) is 50.9 Å². The SMILES string of the molecule is CC(C)Oc1nc([C@@H](C)NC2CC2)cn1COCc1ccccc1. The minimum atomic E-state index is 0.0832. The van der Waals surface area contributed by atoms with Gasteiger partial charge in [0.1, 0.15) is 6.73 Å². The molecule has 0 amide bonds. The van der Waals surface area contributed by atoms with Gasteiger partial charge < -0.3 is 14.8 Å². The number of imidazole rings is 1. The van der Waals surface area contributed by atoms with Crippen molar-refractivity contribution in [2.45, 2.75) is 65.1 Å². The molecule has 1 atom stereocenters. The molecule has 0 saturated heterocycles. The van der Waals surface area contributed by atoms with Crippen LogP contribution in [0, 0.1) is 0 Å². The number of hydrogen-bond acceptors (Lipinski definition) is 4. The summed E-state index contributed by atoms with van der Waals surface area (Å²) in [6.45, 7) is 7.17. The highest BCUT2D eigenvalue weighted by Gasteiger charge is 2.25. The molecule has 1 aromatic heterocycles. The second kappa shape index (κ2) is 7.81. The van der Waals surface area contributed by atoms with Crippen LogP contribution >= 0.6 is 0 Å². The van der Waals surface area contributed by atoms with E-state index in [0.717, 1.165) is 11.3 Å². The Morgan fingerprint density at radius 3 is 2.62 bits per heavy atom. The first-order valence-corrected chi connectivity index (χ1v) is 8.73. The van der Waals surface area contributed by atoms with Crippen molar-refractivity contribution in [2.75, 3.05) is 0 Å². The van der Waals surface area contributed by atoms with Crippen LogP contribution in [0.4, 0.5) is 0 Å². The van der Waals surface area contributed by atoms with E-state index in [0.29, 0.717) is 25.4 Å². The highest BCUT2D eigenvalue weighted by atomic mass is 16.5. The van der Waals surface area contributed by atoms with Gasteiger partial charge in [-0.05, 0) is 39.2 Å². The van der Waals surface area contributed by atoms with E-state index in [4.69, 9.17) is 9.47 Å².